The van der Waals surface area contributed by atoms with Gasteiger partial charge in [0.25, 0.3) is 0 Å². The fourth-order valence-corrected chi connectivity index (χ4v) is 5.61. The van der Waals surface area contributed by atoms with Gasteiger partial charge in [0, 0.05) is 12.3 Å². The van der Waals surface area contributed by atoms with Gasteiger partial charge in [-0.25, -0.2) is 0 Å². The summed E-state index contributed by atoms with van der Waals surface area (Å²) >= 11 is -3.71. The number of para-hydroxylation sites is 1. The van der Waals surface area contributed by atoms with E-state index in [1.165, 1.54) is 30.8 Å². The Hall–Kier alpha value is -0.982. The van der Waals surface area contributed by atoms with E-state index >= 15 is 0 Å². The number of carboxylic acids is 1. The quantitative estimate of drug-likeness (QED) is 0.143. The van der Waals surface area contributed by atoms with Crippen LogP contribution in [0.2, 0.25) is 0 Å². The third kappa shape index (κ3) is 6.04. The second-order valence-corrected chi connectivity index (χ2v) is 11.1. The van der Waals surface area contributed by atoms with Crippen LogP contribution in [0.15, 0.2) is 18.2 Å². The number of benzene rings is 1. The van der Waals surface area contributed by atoms with E-state index in [1.807, 2.05) is 0 Å². The summed E-state index contributed by atoms with van der Waals surface area (Å²) in [5, 5.41) is 30.0. The number of aliphatic hydroxyl groups is 1. The first-order valence-electron chi connectivity index (χ1n) is 8.32. The van der Waals surface area contributed by atoms with Crippen molar-refractivity contribution in [3.8, 4) is 5.75 Å². The molecule has 1 aromatic carbocycles. The maximum atomic E-state index is 11.1. The Balaban J connectivity index is 0.000000291. The van der Waals surface area contributed by atoms with E-state index in [-0.39, 0.29) is 53.1 Å². The number of aliphatic carboxylic acids is 1. The van der Waals surface area contributed by atoms with Gasteiger partial charge in [0.15, 0.2) is 0 Å². The topological polar surface area (TPSA) is 185 Å². The molecule has 0 saturated carbocycles. The molecular weight excluding hydrogens is 494 g/mol. The molecule has 2 atom stereocenters. The van der Waals surface area contributed by atoms with Crippen LogP contribution in [0.3, 0.4) is 0 Å². The number of carbonyl (C=O) groups excluding carboxylic acids is 2. The molecule has 0 bridgehead atoms. The number of phenolic OH excluding ortho intramolecular Hbond substituents is 1. The van der Waals surface area contributed by atoms with Gasteiger partial charge in [0.1, 0.15) is 5.41 Å². The van der Waals surface area contributed by atoms with Crippen molar-refractivity contribution in [2.24, 2.45) is 5.41 Å². The van der Waals surface area contributed by atoms with Crippen LogP contribution in [0, 0.1) is 5.41 Å². The summed E-state index contributed by atoms with van der Waals surface area (Å²) in [4.78, 5) is 34.4. The molecule has 1 aromatic rings. The Morgan fingerprint density at radius 2 is 2.00 bits per heavy atom. The molecule has 0 aromatic heterocycles. The molecule has 6 N–H and O–H groups in total. The summed E-state index contributed by atoms with van der Waals surface area (Å²) in [6.45, 7) is 0.968. The van der Waals surface area contributed by atoms with Crippen LogP contribution in [-0.4, -0.2) is 114 Å². The normalized spacial score (nSPS) is 22.5. The monoisotopic (exact) mass is 516 g/mol. The van der Waals surface area contributed by atoms with Gasteiger partial charge in [-0.05, 0) is 0 Å². The van der Waals surface area contributed by atoms with E-state index in [9.17, 15) is 23.2 Å². The first kappa shape index (κ1) is 27.1. The van der Waals surface area contributed by atoms with Crippen molar-refractivity contribution < 1.29 is 41.6 Å². The number of rotatable bonds is 4. The first-order valence-corrected chi connectivity index (χ1v) is 12.8. The van der Waals surface area contributed by atoms with Gasteiger partial charge in [0.2, 0.25) is 5.91 Å². The molecule has 2 aliphatic rings. The number of hydrogen-bond acceptors (Lipinski definition) is 7. The molecule has 2 fully saturated rings. The summed E-state index contributed by atoms with van der Waals surface area (Å²) in [7, 11) is 0. The number of β-lactam (4-membered cyclic amide) rings is 1. The van der Waals surface area contributed by atoms with E-state index in [4.69, 9.17) is 18.4 Å². The number of hydrogen-bond donors (Lipinski definition) is 6. The molecule has 2 aliphatic heterocycles. The van der Waals surface area contributed by atoms with Crippen LogP contribution in [0.5, 0.6) is 5.75 Å². The van der Waals surface area contributed by atoms with Crippen molar-refractivity contribution in [1.82, 2.24) is 4.90 Å². The second-order valence-electron chi connectivity index (χ2n) is 6.63. The van der Waals surface area contributed by atoms with Crippen molar-refractivity contribution >= 4 is 83.3 Å². The van der Waals surface area contributed by atoms with E-state index in [0.29, 0.717) is 12.2 Å². The number of nitrogens with zero attached hydrogens (tertiary/aromatic N) is 1. The molecule has 2 heterocycles. The number of amides is 2. The maximum absolute atomic E-state index is 11.1. The molecule has 11 nitrogen and oxygen atoms in total. The second kappa shape index (κ2) is 10.6. The number of aliphatic hydroxyl groups excluding tert-OH is 1. The molecule has 2 amide bonds. The number of carboxylic acid groups (broad SMARTS) is 1. The Morgan fingerprint density at radius 1 is 1.37 bits per heavy atom. The third-order valence-corrected chi connectivity index (χ3v) is 8.04. The summed E-state index contributed by atoms with van der Waals surface area (Å²) < 4.78 is 28.4. The fraction of sp³-hybridized carbons (Fsp3) is 0.438. The molecule has 1 unspecified atom stereocenters. The molecule has 3 rings (SSSR count). The van der Waals surface area contributed by atoms with Gasteiger partial charge in [-0.1, -0.05) is 0 Å². The number of anilines is 1. The van der Waals surface area contributed by atoms with Crippen LogP contribution in [0.4, 0.5) is 5.69 Å². The molecule has 0 spiro atoms. The Labute approximate surface area is 201 Å². The zero-order valence-electron chi connectivity index (χ0n) is 15.3. The van der Waals surface area contributed by atoms with Crippen LogP contribution >= 0.6 is 11.8 Å². The van der Waals surface area contributed by atoms with Crippen molar-refractivity contribution in [2.45, 2.75) is 18.7 Å². The van der Waals surface area contributed by atoms with Crippen molar-refractivity contribution in [3.05, 3.63) is 18.2 Å². The molecular formula is C16H22AsN2NaO9S. The SMILES string of the molecule is CC(=O)Nc1cccc([As](=O)(O)O)c1O.O=C1C[C@H]2SCC(CO)(C(=O)O)CN12.[NaH]. The average molecular weight is 516 g/mol. The molecule has 2 saturated heterocycles. The third-order valence-electron chi connectivity index (χ3n) is 4.44. The number of nitrogens with one attached hydrogen (secondary N) is 1. The molecule has 0 radical (unpaired) electrons. The van der Waals surface area contributed by atoms with Crippen LogP contribution in [-0.2, 0) is 18.1 Å². The van der Waals surface area contributed by atoms with E-state index in [2.05, 4.69) is 5.32 Å². The van der Waals surface area contributed by atoms with Gasteiger partial charge in [0.05, 0.1) is 18.4 Å². The Kier molecular flexibility index (Phi) is 9.52. The fourth-order valence-electron chi connectivity index (χ4n) is 2.74. The van der Waals surface area contributed by atoms with Crippen molar-refractivity contribution in [2.75, 3.05) is 24.2 Å². The molecule has 14 heteroatoms. The predicted octanol–water partition coefficient (Wildman–Crippen LogP) is -2.38. The zero-order valence-corrected chi connectivity index (χ0v) is 18.0. The summed E-state index contributed by atoms with van der Waals surface area (Å²) in [5.74, 6) is -1.67. The minimum absolute atomic E-state index is 0. The number of carbonyl (C=O) groups is 3. The molecule has 162 valence electrons. The van der Waals surface area contributed by atoms with Gasteiger partial charge in [-0.15, -0.1) is 11.8 Å². The van der Waals surface area contributed by atoms with Gasteiger partial charge in [-0.2, -0.15) is 0 Å². The zero-order chi connectivity index (χ0) is 22.0. The van der Waals surface area contributed by atoms with E-state index in [0.717, 1.165) is 6.07 Å². The summed E-state index contributed by atoms with van der Waals surface area (Å²) in [5.41, 5.74) is -1.17. The van der Waals surface area contributed by atoms with Crippen LogP contribution in [0.25, 0.3) is 0 Å². The Bertz CT molecular complexity index is 880. The predicted molar refractivity (Wildman–Crippen MR) is 110 cm³/mol. The van der Waals surface area contributed by atoms with Crippen molar-refractivity contribution in [1.29, 1.82) is 0 Å². The van der Waals surface area contributed by atoms with Gasteiger partial charge in [-0.3, -0.25) is 9.59 Å². The van der Waals surface area contributed by atoms with Crippen LogP contribution in [0.1, 0.15) is 13.3 Å². The number of thioether (sulfide) groups is 1. The van der Waals surface area contributed by atoms with Crippen molar-refractivity contribution in [3.63, 3.8) is 0 Å². The Morgan fingerprint density at radius 3 is 2.47 bits per heavy atom. The first-order chi connectivity index (χ1) is 13.4. The van der Waals surface area contributed by atoms with E-state index < -0.39 is 48.2 Å². The summed E-state index contributed by atoms with van der Waals surface area (Å²) in [6.07, 6.45) is 0.506. The number of phenols is 1. The van der Waals surface area contributed by atoms with Crippen LogP contribution < -0.4 is 9.67 Å². The summed E-state index contributed by atoms with van der Waals surface area (Å²) in [6, 6.07) is 3.83. The number of aromatic hydroxyl groups is 1. The number of fused-ring (bicyclic) bond motifs is 1. The van der Waals surface area contributed by atoms with Gasteiger partial charge >= 0.3 is 124 Å². The molecule has 30 heavy (non-hydrogen) atoms. The standard InChI is InChI=1S/C8H10AsNO5.C8H11NO4S.Na.H/c1-5(11)10-7-4-2-3-6(8(7)12)9(13,14)15;10-3-8(7(12)13)2-9-5(11)1-6(9)14-4-8;;/h2-4,12H,1H3,(H,10,11)(H2,13,14,15);6,10H,1-4H2,(H,12,13);;/t;6-,8?;;/m.1../s1. The minimum atomic E-state index is -5.15. The molecule has 0 aliphatic carbocycles. The van der Waals surface area contributed by atoms with Gasteiger partial charge < -0.3 is 15.1 Å². The average Bonchev–Trinajstić information content (AvgIpc) is 2.62. The van der Waals surface area contributed by atoms with E-state index in [1.54, 1.807) is 4.90 Å².